The van der Waals surface area contributed by atoms with Gasteiger partial charge >= 0.3 is 0 Å². The Morgan fingerprint density at radius 2 is 0.602 bits per heavy atom. The van der Waals surface area contributed by atoms with E-state index in [0.29, 0.717) is 6.42 Å². The summed E-state index contributed by atoms with van der Waals surface area (Å²) in [4.78, 5) is 13.5. The molecule has 0 aliphatic carbocycles. The molecule has 0 radical (unpaired) electrons. The second-order valence-corrected chi connectivity index (χ2v) is 31.4. The molecular formula is C84H161NO18. The maximum absolute atomic E-state index is 13.5. The minimum absolute atomic E-state index is 0.250. The molecular weight excluding hydrogens is 1310 g/mol. The minimum atomic E-state index is -1.98. The van der Waals surface area contributed by atoms with E-state index in [4.69, 9.17) is 28.4 Å². The number of carbonyl (C=O) groups excluding carboxylic acids is 1. The predicted octanol–water partition coefficient (Wildman–Crippen LogP) is 15.5. The van der Waals surface area contributed by atoms with Crippen LogP contribution in [0.1, 0.15) is 386 Å². The Morgan fingerprint density at radius 3 is 0.913 bits per heavy atom. The van der Waals surface area contributed by atoms with Gasteiger partial charge in [0.05, 0.1) is 38.6 Å². The van der Waals surface area contributed by atoms with E-state index in [0.717, 1.165) is 44.9 Å². The van der Waals surface area contributed by atoms with Crippen molar-refractivity contribution in [2.75, 3.05) is 26.4 Å². The van der Waals surface area contributed by atoms with Crippen LogP contribution in [0.15, 0.2) is 12.2 Å². The topological polar surface area (TPSA) is 307 Å². The van der Waals surface area contributed by atoms with Gasteiger partial charge in [-0.05, 0) is 19.3 Å². The molecule has 19 nitrogen and oxygen atoms in total. The van der Waals surface area contributed by atoms with Crippen LogP contribution in [0.3, 0.4) is 0 Å². The van der Waals surface area contributed by atoms with Gasteiger partial charge < -0.3 is 89.9 Å². The summed E-state index contributed by atoms with van der Waals surface area (Å²) in [5.74, 6) is -0.265. The number of hydrogen-bond acceptors (Lipinski definition) is 18. The van der Waals surface area contributed by atoms with E-state index in [1.165, 1.54) is 315 Å². The second kappa shape index (κ2) is 65.3. The molecule has 103 heavy (non-hydrogen) atoms. The van der Waals surface area contributed by atoms with Crippen LogP contribution < -0.4 is 5.32 Å². The maximum atomic E-state index is 13.5. The Balaban J connectivity index is 1.35. The van der Waals surface area contributed by atoms with E-state index in [9.17, 15) is 61.0 Å². The monoisotopic (exact) mass is 1470 g/mol. The fraction of sp³-hybridized carbons (Fsp3) is 0.964. The van der Waals surface area contributed by atoms with Crippen molar-refractivity contribution in [2.45, 2.75) is 491 Å². The molecule has 3 rings (SSSR count). The zero-order valence-electron chi connectivity index (χ0n) is 65.6. The second-order valence-electron chi connectivity index (χ2n) is 31.4. The Morgan fingerprint density at radius 1 is 0.340 bits per heavy atom. The van der Waals surface area contributed by atoms with Gasteiger partial charge in [-0.1, -0.05) is 373 Å². The summed E-state index contributed by atoms with van der Waals surface area (Å²) in [6.07, 6.45) is 52.1. The first-order valence-corrected chi connectivity index (χ1v) is 43.4. The first-order chi connectivity index (χ1) is 50.3. The molecule has 17 unspecified atom stereocenters. The molecule has 0 aromatic carbocycles. The SMILES string of the molecule is CCCCCCCCCCCCCCCCCCCCCCCCCCCC/C=C/C(O)C(COC1OC(CO)C(OC2OC(CO)C(OC3OC(CO)C(O)C(O)C3O)C(O)C2O)C(O)C1O)NC(=O)CCCCCCCCCCCCCCCCCCCCCCCCCCCCCCCC. The van der Waals surface area contributed by atoms with Gasteiger partial charge in [-0.3, -0.25) is 4.79 Å². The van der Waals surface area contributed by atoms with Crippen LogP contribution in [0.25, 0.3) is 0 Å². The highest BCUT2D eigenvalue weighted by Crippen LogP contribution is 2.34. The average molecular weight is 1470 g/mol. The number of rotatable bonds is 71. The Bertz CT molecular complexity index is 1910. The molecule has 0 aromatic rings. The minimum Gasteiger partial charge on any atom is -0.394 e. The molecule has 1 amide bonds. The van der Waals surface area contributed by atoms with E-state index in [2.05, 4.69) is 19.2 Å². The first-order valence-electron chi connectivity index (χ1n) is 43.4. The van der Waals surface area contributed by atoms with E-state index >= 15 is 0 Å². The number of hydrogen-bond donors (Lipinski definition) is 12. The normalized spacial score (nSPS) is 26.0. The molecule has 3 heterocycles. The van der Waals surface area contributed by atoms with Crippen molar-refractivity contribution < 1.29 is 89.4 Å². The lowest BCUT2D eigenvalue weighted by atomic mass is 9.96. The highest BCUT2D eigenvalue weighted by molar-refractivity contribution is 5.76. The summed E-state index contributed by atoms with van der Waals surface area (Å²) in [5.41, 5.74) is 0. The van der Waals surface area contributed by atoms with Crippen molar-refractivity contribution >= 4 is 5.91 Å². The third-order valence-corrected chi connectivity index (χ3v) is 22.1. The lowest BCUT2D eigenvalue weighted by molar-refractivity contribution is -0.379. The summed E-state index contributed by atoms with van der Waals surface area (Å²) in [5, 5.41) is 121. The summed E-state index contributed by atoms with van der Waals surface area (Å²) in [7, 11) is 0. The number of allylic oxidation sites excluding steroid dienone is 1. The summed E-state index contributed by atoms with van der Waals surface area (Å²) in [6, 6.07) is -0.971. The summed E-state index contributed by atoms with van der Waals surface area (Å²) in [6.45, 7) is 1.82. The molecule has 19 heteroatoms. The Labute approximate surface area is 626 Å². The van der Waals surface area contributed by atoms with Crippen molar-refractivity contribution in [3.8, 4) is 0 Å². The Hall–Kier alpha value is -1.47. The van der Waals surface area contributed by atoms with Crippen molar-refractivity contribution in [3.63, 3.8) is 0 Å². The lowest BCUT2D eigenvalue weighted by Crippen LogP contribution is -2.66. The van der Waals surface area contributed by atoms with E-state index < -0.39 is 124 Å². The van der Waals surface area contributed by atoms with Gasteiger partial charge in [-0.2, -0.15) is 0 Å². The van der Waals surface area contributed by atoms with Gasteiger partial charge in [-0.25, -0.2) is 0 Å². The Kier molecular flexibility index (Phi) is 60.7. The zero-order valence-corrected chi connectivity index (χ0v) is 65.6. The van der Waals surface area contributed by atoms with Gasteiger partial charge in [0.2, 0.25) is 5.91 Å². The van der Waals surface area contributed by atoms with Gasteiger partial charge in [-0.15, -0.1) is 0 Å². The quantitative estimate of drug-likeness (QED) is 0.0199. The number of carbonyl (C=O) groups is 1. The van der Waals surface area contributed by atoms with Gasteiger partial charge in [0.15, 0.2) is 18.9 Å². The van der Waals surface area contributed by atoms with E-state index in [-0.39, 0.29) is 18.9 Å². The molecule has 3 aliphatic heterocycles. The average Bonchev–Trinajstić information content (AvgIpc) is 0.782. The van der Waals surface area contributed by atoms with Crippen molar-refractivity contribution in [1.29, 1.82) is 0 Å². The maximum Gasteiger partial charge on any atom is 0.220 e. The van der Waals surface area contributed by atoms with E-state index in [1.807, 2.05) is 6.08 Å². The van der Waals surface area contributed by atoms with Crippen LogP contribution in [0.5, 0.6) is 0 Å². The largest absolute Gasteiger partial charge is 0.394 e. The van der Waals surface area contributed by atoms with Crippen LogP contribution in [-0.2, 0) is 33.2 Å². The van der Waals surface area contributed by atoms with Crippen LogP contribution in [0, 0.1) is 0 Å². The standard InChI is InChI=1S/C84H161NO18/c1-3-5-7-9-11-13-15-17-19-21-23-25-27-29-31-33-34-36-38-40-42-44-46-48-50-52-54-56-58-60-62-72(90)85-67(68(89)61-59-57-55-53-51-49-47-45-43-41-39-37-35-32-30-28-26-24-22-20-18-16-14-12-10-8-6-4-2)66-98-82-78(96)75(93)80(70(64-87)100-82)103-84-79(97)76(94)81(71(65-88)101-84)102-83-77(95)74(92)73(91)69(63-86)99-83/h59,61,67-71,73-84,86-89,91-97H,3-58,60,62-66H2,1-2H3,(H,85,90)/b61-59+. The number of aliphatic hydroxyl groups excluding tert-OH is 11. The van der Waals surface area contributed by atoms with Crippen molar-refractivity contribution in [2.24, 2.45) is 0 Å². The third kappa shape index (κ3) is 44.8. The zero-order chi connectivity index (χ0) is 74.6. The van der Waals surface area contributed by atoms with Crippen LogP contribution >= 0.6 is 0 Å². The molecule has 3 aliphatic rings. The highest BCUT2D eigenvalue weighted by Gasteiger charge is 2.54. The van der Waals surface area contributed by atoms with Gasteiger partial charge in [0.1, 0.15) is 73.2 Å². The number of amides is 1. The molecule has 0 bridgehead atoms. The van der Waals surface area contributed by atoms with E-state index in [1.54, 1.807) is 6.08 Å². The number of nitrogens with one attached hydrogen (secondary N) is 1. The molecule has 0 spiro atoms. The molecule has 0 saturated carbocycles. The van der Waals surface area contributed by atoms with Crippen LogP contribution in [0.2, 0.25) is 0 Å². The fourth-order valence-corrected chi connectivity index (χ4v) is 15.1. The first kappa shape index (κ1) is 95.7. The summed E-state index contributed by atoms with van der Waals surface area (Å²) < 4.78 is 34.5. The highest BCUT2D eigenvalue weighted by atomic mass is 16.8. The molecule has 610 valence electrons. The molecule has 3 saturated heterocycles. The lowest BCUT2D eigenvalue weighted by Gasteiger charge is -2.48. The molecule has 0 aromatic heterocycles. The van der Waals surface area contributed by atoms with Crippen molar-refractivity contribution in [3.05, 3.63) is 12.2 Å². The predicted molar refractivity (Wildman–Crippen MR) is 411 cm³/mol. The van der Waals surface area contributed by atoms with Crippen LogP contribution in [0.4, 0.5) is 0 Å². The molecule has 12 N–H and O–H groups in total. The number of aliphatic hydroxyl groups is 11. The van der Waals surface area contributed by atoms with Crippen LogP contribution in [-0.4, -0.2) is 193 Å². The van der Waals surface area contributed by atoms with Crippen molar-refractivity contribution in [1.82, 2.24) is 5.32 Å². The number of unbranched alkanes of at least 4 members (excludes halogenated alkanes) is 55. The molecule has 17 atom stereocenters. The number of ether oxygens (including phenoxy) is 6. The fourth-order valence-electron chi connectivity index (χ4n) is 15.1. The molecule has 3 fully saturated rings. The third-order valence-electron chi connectivity index (χ3n) is 22.1. The summed E-state index contributed by atoms with van der Waals surface area (Å²) >= 11 is 0. The van der Waals surface area contributed by atoms with Gasteiger partial charge in [0.25, 0.3) is 0 Å². The van der Waals surface area contributed by atoms with Gasteiger partial charge in [0, 0.05) is 6.42 Å². The smallest absolute Gasteiger partial charge is 0.220 e.